The zero-order valence-electron chi connectivity index (χ0n) is 10.9. The lowest BCUT2D eigenvalue weighted by Crippen LogP contribution is -2.45. The lowest BCUT2D eigenvalue weighted by atomic mass is 10.1. The molecule has 0 aliphatic carbocycles. The highest BCUT2D eigenvalue weighted by molar-refractivity contribution is 5.73. The first kappa shape index (κ1) is 14.0. The third-order valence-electron chi connectivity index (χ3n) is 2.71. The Bertz CT molecular complexity index is 271. The van der Waals surface area contributed by atoms with Crippen LogP contribution in [0.25, 0.3) is 0 Å². The molecule has 0 aromatic heterocycles. The van der Waals surface area contributed by atoms with E-state index in [0.29, 0.717) is 6.54 Å². The van der Waals surface area contributed by atoms with Gasteiger partial charge < -0.3 is 10.1 Å². The number of carbonyl (C=O) groups excluding carboxylic acids is 2. The molecule has 1 N–H and O–H groups in total. The van der Waals surface area contributed by atoms with Crippen LogP contribution < -0.4 is 5.32 Å². The minimum Gasteiger partial charge on any atom is -0.462 e. The van der Waals surface area contributed by atoms with Crippen molar-refractivity contribution in [2.75, 3.05) is 19.6 Å². The van der Waals surface area contributed by atoms with Crippen molar-refractivity contribution in [3.8, 4) is 0 Å². The Balaban J connectivity index is 2.23. The van der Waals surface area contributed by atoms with E-state index in [-0.39, 0.29) is 24.0 Å². The van der Waals surface area contributed by atoms with Crippen molar-refractivity contribution in [1.82, 2.24) is 10.2 Å². The highest BCUT2D eigenvalue weighted by Gasteiger charge is 2.21. The van der Waals surface area contributed by atoms with Gasteiger partial charge >= 0.3 is 5.97 Å². The molecular weight excluding hydrogens is 220 g/mol. The maximum atomic E-state index is 11.4. The van der Waals surface area contributed by atoms with E-state index >= 15 is 0 Å². The molecule has 1 aliphatic rings. The van der Waals surface area contributed by atoms with Gasteiger partial charge in [0, 0.05) is 26.1 Å². The topological polar surface area (TPSA) is 58.6 Å². The van der Waals surface area contributed by atoms with Crippen LogP contribution in [0.2, 0.25) is 0 Å². The fourth-order valence-electron chi connectivity index (χ4n) is 2.01. The number of likely N-dealkylation sites (tertiary alicyclic amines) is 1. The number of hydrogen-bond acceptors (Lipinski definition) is 4. The third kappa shape index (κ3) is 5.68. The van der Waals surface area contributed by atoms with Crippen molar-refractivity contribution in [3.05, 3.63) is 0 Å². The van der Waals surface area contributed by atoms with Crippen molar-refractivity contribution >= 4 is 11.9 Å². The Morgan fingerprint density at radius 3 is 2.41 bits per heavy atom. The van der Waals surface area contributed by atoms with Gasteiger partial charge in [0.2, 0.25) is 5.91 Å². The molecule has 1 amide bonds. The molecule has 0 unspecified atom stereocenters. The van der Waals surface area contributed by atoms with Gasteiger partial charge in [-0.05, 0) is 26.7 Å². The van der Waals surface area contributed by atoms with E-state index in [1.807, 2.05) is 13.8 Å². The number of ether oxygens (including phenoxy) is 1. The number of carbonyl (C=O) groups is 2. The molecule has 5 nitrogen and oxygen atoms in total. The second kappa shape index (κ2) is 6.59. The van der Waals surface area contributed by atoms with Crippen molar-refractivity contribution in [2.24, 2.45) is 0 Å². The fourth-order valence-corrected chi connectivity index (χ4v) is 2.01. The second-order valence-electron chi connectivity index (χ2n) is 4.79. The molecule has 5 heteroatoms. The zero-order valence-corrected chi connectivity index (χ0v) is 10.9. The molecule has 1 heterocycles. The predicted molar refractivity (Wildman–Crippen MR) is 64.5 cm³/mol. The van der Waals surface area contributed by atoms with E-state index in [2.05, 4.69) is 10.2 Å². The minimum atomic E-state index is -0.169. The molecule has 0 radical (unpaired) electrons. The Hall–Kier alpha value is -1.10. The van der Waals surface area contributed by atoms with Crippen LogP contribution in [0.5, 0.6) is 0 Å². The molecule has 0 atom stereocenters. The average molecular weight is 242 g/mol. The van der Waals surface area contributed by atoms with Crippen molar-refractivity contribution in [3.63, 3.8) is 0 Å². The van der Waals surface area contributed by atoms with Crippen LogP contribution in [0.1, 0.15) is 33.6 Å². The second-order valence-corrected chi connectivity index (χ2v) is 4.79. The molecule has 0 bridgehead atoms. The highest BCUT2D eigenvalue weighted by Crippen LogP contribution is 2.10. The summed E-state index contributed by atoms with van der Waals surface area (Å²) in [4.78, 5) is 24.4. The van der Waals surface area contributed by atoms with Gasteiger partial charge in [0.1, 0.15) is 0 Å². The van der Waals surface area contributed by atoms with Crippen LogP contribution >= 0.6 is 0 Å². The van der Waals surface area contributed by atoms with Gasteiger partial charge in [-0.25, -0.2) is 0 Å². The number of rotatable bonds is 4. The Labute approximate surface area is 102 Å². The standard InChI is InChI=1S/C12H22N2O3/c1-9(2)17-12(16)8-14-6-4-11(5-7-14)13-10(3)15/h9,11H,4-8H2,1-3H3,(H,13,15). The summed E-state index contributed by atoms with van der Waals surface area (Å²) in [6.07, 6.45) is 1.74. The monoisotopic (exact) mass is 242 g/mol. The van der Waals surface area contributed by atoms with Crippen LogP contribution in [0, 0.1) is 0 Å². The summed E-state index contributed by atoms with van der Waals surface area (Å²) in [5.41, 5.74) is 0. The first-order valence-electron chi connectivity index (χ1n) is 6.16. The van der Waals surface area contributed by atoms with E-state index in [1.54, 1.807) is 0 Å². The molecule has 0 saturated carbocycles. The summed E-state index contributed by atoms with van der Waals surface area (Å²) in [5.74, 6) is -0.152. The Morgan fingerprint density at radius 2 is 1.94 bits per heavy atom. The Morgan fingerprint density at radius 1 is 1.35 bits per heavy atom. The van der Waals surface area contributed by atoms with Gasteiger partial charge in [-0.3, -0.25) is 14.5 Å². The molecule has 17 heavy (non-hydrogen) atoms. The maximum Gasteiger partial charge on any atom is 0.320 e. The summed E-state index contributed by atoms with van der Waals surface area (Å²) in [6, 6.07) is 0.255. The van der Waals surface area contributed by atoms with Crippen LogP contribution in [0.15, 0.2) is 0 Å². The van der Waals surface area contributed by atoms with E-state index in [1.165, 1.54) is 6.92 Å². The van der Waals surface area contributed by atoms with Crippen LogP contribution in [-0.4, -0.2) is 48.6 Å². The SMILES string of the molecule is CC(=O)NC1CCN(CC(=O)OC(C)C)CC1. The van der Waals surface area contributed by atoms with Gasteiger partial charge in [-0.1, -0.05) is 0 Å². The molecule has 98 valence electrons. The third-order valence-corrected chi connectivity index (χ3v) is 2.71. The molecular formula is C12H22N2O3. The molecule has 0 aromatic carbocycles. The van der Waals surface area contributed by atoms with Gasteiger partial charge in [0.15, 0.2) is 0 Å². The van der Waals surface area contributed by atoms with Gasteiger partial charge in [-0.2, -0.15) is 0 Å². The molecule has 1 fully saturated rings. The average Bonchev–Trinajstić information content (AvgIpc) is 2.18. The normalized spacial score (nSPS) is 18.1. The first-order chi connectivity index (χ1) is 7.97. The highest BCUT2D eigenvalue weighted by atomic mass is 16.5. The predicted octanol–water partition coefficient (Wildman–Crippen LogP) is 0.539. The summed E-state index contributed by atoms with van der Waals surface area (Å²) in [6.45, 7) is 7.25. The molecule has 1 saturated heterocycles. The molecule has 0 aromatic rings. The summed E-state index contributed by atoms with van der Waals surface area (Å²) in [5, 5.41) is 2.91. The summed E-state index contributed by atoms with van der Waals surface area (Å²) >= 11 is 0. The van der Waals surface area contributed by atoms with Crippen LogP contribution in [0.4, 0.5) is 0 Å². The Kier molecular flexibility index (Phi) is 5.41. The van der Waals surface area contributed by atoms with Crippen molar-refractivity contribution < 1.29 is 14.3 Å². The largest absolute Gasteiger partial charge is 0.462 e. The number of piperidine rings is 1. The molecule has 0 spiro atoms. The van der Waals surface area contributed by atoms with Crippen LogP contribution in [0.3, 0.4) is 0 Å². The van der Waals surface area contributed by atoms with Gasteiger partial charge in [0.05, 0.1) is 12.6 Å². The molecule has 1 rings (SSSR count). The van der Waals surface area contributed by atoms with Gasteiger partial charge in [-0.15, -0.1) is 0 Å². The smallest absolute Gasteiger partial charge is 0.320 e. The van der Waals surface area contributed by atoms with E-state index in [0.717, 1.165) is 25.9 Å². The lowest BCUT2D eigenvalue weighted by molar-refractivity contribution is -0.149. The number of amides is 1. The number of nitrogens with zero attached hydrogens (tertiary/aromatic N) is 1. The molecule has 1 aliphatic heterocycles. The number of hydrogen-bond donors (Lipinski definition) is 1. The first-order valence-corrected chi connectivity index (χ1v) is 6.16. The van der Waals surface area contributed by atoms with E-state index in [9.17, 15) is 9.59 Å². The van der Waals surface area contributed by atoms with E-state index < -0.39 is 0 Å². The van der Waals surface area contributed by atoms with Crippen molar-refractivity contribution in [2.45, 2.75) is 45.8 Å². The van der Waals surface area contributed by atoms with E-state index in [4.69, 9.17) is 4.74 Å². The van der Waals surface area contributed by atoms with Crippen LogP contribution in [-0.2, 0) is 14.3 Å². The van der Waals surface area contributed by atoms with Crippen molar-refractivity contribution in [1.29, 1.82) is 0 Å². The fraction of sp³-hybridized carbons (Fsp3) is 0.833. The maximum absolute atomic E-state index is 11.4. The number of esters is 1. The van der Waals surface area contributed by atoms with Gasteiger partial charge in [0.25, 0.3) is 0 Å². The quantitative estimate of drug-likeness (QED) is 0.731. The number of nitrogens with one attached hydrogen (secondary N) is 1. The minimum absolute atomic E-state index is 0.0164. The zero-order chi connectivity index (χ0) is 12.8. The summed E-state index contributed by atoms with van der Waals surface area (Å²) < 4.78 is 5.09. The summed E-state index contributed by atoms with van der Waals surface area (Å²) in [7, 11) is 0. The lowest BCUT2D eigenvalue weighted by Gasteiger charge is -2.31.